The number of nitrogens with zero attached hydrogens (tertiary/aromatic N) is 5. The van der Waals surface area contributed by atoms with Crippen LogP contribution >= 0.6 is 0 Å². The average molecular weight is 420 g/mol. The van der Waals surface area contributed by atoms with Crippen LogP contribution in [0.15, 0.2) is 18.2 Å². The number of carbonyl (C=O) groups is 1. The van der Waals surface area contributed by atoms with Crippen molar-refractivity contribution in [2.75, 3.05) is 6.54 Å². The van der Waals surface area contributed by atoms with Crippen LogP contribution in [-0.2, 0) is 12.6 Å². The highest BCUT2D eigenvalue weighted by atomic mass is 19.4. The zero-order valence-corrected chi connectivity index (χ0v) is 17.0. The number of amides is 1. The molecule has 1 amide bonds. The lowest BCUT2D eigenvalue weighted by Crippen LogP contribution is -2.31. The molecule has 7 nitrogen and oxygen atoms in total. The minimum Gasteiger partial charge on any atom is -0.329 e. The fourth-order valence-corrected chi connectivity index (χ4v) is 3.80. The second-order valence-electron chi connectivity index (χ2n) is 7.84. The fraction of sp³-hybridized carbons (Fsp3) is 0.500. The lowest BCUT2D eigenvalue weighted by Gasteiger charge is -2.22. The Morgan fingerprint density at radius 2 is 2.07 bits per heavy atom. The third-order valence-electron chi connectivity index (χ3n) is 5.45. The van der Waals surface area contributed by atoms with Crippen molar-refractivity contribution in [3.63, 3.8) is 0 Å². The Morgan fingerprint density at radius 1 is 1.30 bits per heavy atom. The molecule has 0 bridgehead atoms. The topological polar surface area (TPSA) is 79.2 Å². The second-order valence-corrected chi connectivity index (χ2v) is 7.84. The van der Waals surface area contributed by atoms with Gasteiger partial charge in [0.15, 0.2) is 5.65 Å². The third kappa shape index (κ3) is 3.54. The van der Waals surface area contributed by atoms with Gasteiger partial charge in [0.25, 0.3) is 5.91 Å². The highest BCUT2D eigenvalue weighted by Gasteiger charge is 2.37. The molecule has 0 spiro atoms. The predicted octanol–water partition coefficient (Wildman–Crippen LogP) is 4.13. The number of hydrogen-bond donors (Lipinski definition) is 1. The van der Waals surface area contributed by atoms with Gasteiger partial charge in [-0.3, -0.25) is 9.89 Å². The number of H-pyrrole nitrogens is 1. The maximum atomic E-state index is 13.5. The third-order valence-corrected chi connectivity index (χ3v) is 5.45. The Hall–Kier alpha value is -2.91. The van der Waals surface area contributed by atoms with Gasteiger partial charge in [0, 0.05) is 24.0 Å². The fourth-order valence-electron chi connectivity index (χ4n) is 3.80. The monoisotopic (exact) mass is 420 g/mol. The number of carbonyl (C=O) groups excluding carboxylic acids is 1. The molecular formula is C20H23F3N6O. The van der Waals surface area contributed by atoms with Crippen LogP contribution in [0.25, 0.3) is 5.65 Å². The van der Waals surface area contributed by atoms with Crippen molar-refractivity contribution in [1.82, 2.24) is 29.7 Å². The SMILES string of the molecule is CCc1cc(C(F)(F)F)n2nc([C@@H]3CCCN3C(=O)c3cc(C(C)C)[nH]n3)cc2n1. The molecule has 3 aromatic rings. The van der Waals surface area contributed by atoms with Crippen molar-refractivity contribution in [2.45, 2.75) is 58.2 Å². The molecule has 4 heterocycles. The molecule has 30 heavy (non-hydrogen) atoms. The molecule has 1 atom stereocenters. The number of fused-ring (bicyclic) bond motifs is 1. The van der Waals surface area contributed by atoms with E-state index in [4.69, 9.17) is 0 Å². The van der Waals surface area contributed by atoms with Crippen LogP contribution in [0.5, 0.6) is 0 Å². The van der Waals surface area contributed by atoms with Crippen molar-refractivity contribution in [3.8, 4) is 0 Å². The Labute approximate surface area is 171 Å². The van der Waals surface area contributed by atoms with E-state index in [0.717, 1.165) is 22.7 Å². The van der Waals surface area contributed by atoms with Crippen molar-refractivity contribution in [1.29, 1.82) is 0 Å². The molecule has 1 aliphatic rings. The molecule has 4 rings (SSSR count). The van der Waals surface area contributed by atoms with Crippen molar-refractivity contribution in [3.05, 3.63) is 46.7 Å². The molecule has 1 fully saturated rings. The zero-order chi connectivity index (χ0) is 21.6. The van der Waals surface area contributed by atoms with Gasteiger partial charge in [0.2, 0.25) is 0 Å². The number of nitrogens with one attached hydrogen (secondary N) is 1. The number of rotatable bonds is 4. The Kier molecular flexibility index (Phi) is 5.03. The van der Waals surface area contributed by atoms with Gasteiger partial charge in [-0.25, -0.2) is 9.50 Å². The second kappa shape index (κ2) is 7.41. The molecule has 1 aliphatic heterocycles. The molecule has 0 aliphatic carbocycles. The van der Waals surface area contributed by atoms with Crippen LogP contribution in [-0.4, -0.2) is 42.1 Å². The first-order chi connectivity index (χ1) is 14.2. The Bertz CT molecular complexity index is 1080. The molecule has 3 aromatic heterocycles. The van der Waals surface area contributed by atoms with Crippen LogP contribution in [0.4, 0.5) is 13.2 Å². The van der Waals surface area contributed by atoms with Crippen molar-refractivity contribution >= 4 is 11.6 Å². The van der Waals surface area contributed by atoms with Gasteiger partial charge < -0.3 is 4.90 Å². The smallest absolute Gasteiger partial charge is 0.329 e. The molecule has 0 radical (unpaired) electrons. The van der Waals surface area contributed by atoms with Crippen LogP contribution in [0.1, 0.15) is 78.8 Å². The van der Waals surface area contributed by atoms with E-state index < -0.39 is 17.9 Å². The van der Waals surface area contributed by atoms with E-state index >= 15 is 0 Å². The minimum atomic E-state index is -4.55. The summed E-state index contributed by atoms with van der Waals surface area (Å²) in [6, 6.07) is 3.89. The number of alkyl halides is 3. The highest BCUT2D eigenvalue weighted by Crippen LogP contribution is 2.35. The van der Waals surface area contributed by atoms with E-state index in [2.05, 4.69) is 20.3 Å². The van der Waals surface area contributed by atoms with E-state index in [-0.39, 0.29) is 17.5 Å². The largest absolute Gasteiger partial charge is 0.433 e. The van der Waals surface area contributed by atoms with E-state index in [1.54, 1.807) is 24.0 Å². The van der Waals surface area contributed by atoms with Crippen LogP contribution in [0, 0.1) is 0 Å². The van der Waals surface area contributed by atoms with Gasteiger partial charge in [-0.05, 0) is 37.3 Å². The minimum absolute atomic E-state index is 0.137. The first-order valence-electron chi connectivity index (χ1n) is 10.0. The van der Waals surface area contributed by atoms with Crippen LogP contribution < -0.4 is 0 Å². The van der Waals surface area contributed by atoms with Crippen molar-refractivity contribution < 1.29 is 18.0 Å². The zero-order valence-electron chi connectivity index (χ0n) is 17.0. The number of aromatic nitrogens is 5. The summed E-state index contributed by atoms with van der Waals surface area (Å²) in [5, 5.41) is 11.2. The number of aromatic amines is 1. The van der Waals surface area contributed by atoms with Gasteiger partial charge >= 0.3 is 6.18 Å². The van der Waals surface area contributed by atoms with E-state index in [0.29, 0.717) is 36.5 Å². The van der Waals surface area contributed by atoms with Crippen LogP contribution in [0.2, 0.25) is 0 Å². The normalized spacial score (nSPS) is 17.4. The van der Waals surface area contributed by atoms with Crippen molar-refractivity contribution in [2.24, 2.45) is 0 Å². The summed E-state index contributed by atoms with van der Waals surface area (Å²) in [4.78, 5) is 18.9. The summed E-state index contributed by atoms with van der Waals surface area (Å²) in [5.74, 6) is -0.0533. The summed E-state index contributed by atoms with van der Waals surface area (Å²) in [7, 11) is 0. The average Bonchev–Trinajstić information content (AvgIpc) is 3.43. The molecular weight excluding hydrogens is 397 g/mol. The van der Waals surface area contributed by atoms with Crippen LogP contribution in [0.3, 0.4) is 0 Å². The lowest BCUT2D eigenvalue weighted by molar-refractivity contribution is -0.142. The van der Waals surface area contributed by atoms with E-state index in [1.165, 1.54) is 0 Å². The first-order valence-corrected chi connectivity index (χ1v) is 10.0. The predicted molar refractivity (Wildman–Crippen MR) is 103 cm³/mol. The Balaban J connectivity index is 1.71. The van der Waals surface area contributed by atoms with E-state index in [1.807, 2.05) is 13.8 Å². The van der Waals surface area contributed by atoms with Gasteiger partial charge in [0.05, 0.1) is 11.7 Å². The quantitative estimate of drug-likeness (QED) is 0.688. The lowest BCUT2D eigenvalue weighted by atomic mass is 10.1. The molecule has 1 N–H and O–H groups in total. The number of hydrogen-bond acceptors (Lipinski definition) is 4. The van der Waals surface area contributed by atoms with Gasteiger partial charge in [0.1, 0.15) is 11.4 Å². The molecule has 1 saturated heterocycles. The van der Waals surface area contributed by atoms with Gasteiger partial charge in [-0.2, -0.15) is 23.4 Å². The number of aryl methyl sites for hydroxylation is 1. The van der Waals surface area contributed by atoms with E-state index in [9.17, 15) is 18.0 Å². The molecule has 0 aromatic carbocycles. The molecule has 0 unspecified atom stereocenters. The maximum Gasteiger partial charge on any atom is 0.433 e. The summed E-state index contributed by atoms with van der Waals surface area (Å²) < 4.78 is 41.5. The first kappa shape index (κ1) is 20.4. The molecule has 0 saturated carbocycles. The maximum absolute atomic E-state index is 13.5. The highest BCUT2D eigenvalue weighted by molar-refractivity contribution is 5.93. The summed E-state index contributed by atoms with van der Waals surface area (Å²) >= 11 is 0. The number of halogens is 3. The summed E-state index contributed by atoms with van der Waals surface area (Å²) in [5.41, 5.74) is 1.19. The van der Waals surface area contributed by atoms with Gasteiger partial charge in [-0.15, -0.1) is 0 Å². The summed E-state index contributed by atoms with van der Waals surface area (Å²) in [6.07, 6.45) is -2.81. The summed E-state index contributed by atoms with van der Waals surface area (Å²) in [6.45, 7) is 6.24. The molecule has 10 heteroatoms. The van der Waals surface area contributed by atoms with Gasteiger partial charge in [-0.1, -0.05) is 20.8 Å². The Morgan fingerprint density at radius 3 is 2.70 bits per heavy atom. The standard InChI is InChI=1S/C20H23F3N6O/c1-4-12-8-17(20(21,22)23)29-18(24-12)10-14(27-29)16-6-5-7-28(16)19(30)15-9-13(11(2)3)25-26-15/h8-11,16H,4-7H2,1-3H3,(H,25,26)/t16-/m0/s1. The number of likely N-dealkylation sites (tertiary alicyclic amines) is 1. The molecule has 160 valence electrons.